The second-order valence-corrected chi connectivity index (χ2v) is 5.24. The number of nitrogens with zero attached hydrogens (tertiary/aromatic N) is 3. The highest BCUT2D eigenvalue weighted by molar-refractivity contribution is 5.69. The average molecular weight is 368 g/mol. The summed E-state index contributed by atoms with van der Waals surface area (Å²) in [5.41, 5.74) is 0.208. The molecule has 0 fully saturated rings. The van der Waals surface area contributed by atoms with Gasteiger partial charge in [0.05, 0.1) is 19.1 Å². The summed E-state index contributed by atoms with van der Waals surface area (Å²) in [6, 6.07) is 13.7. The van der Waals surface area contributed by atoms with Gasteiger partial charge >= 0.3 is 11.6 Å². The first-order valence-electron chi connectivity index (χ1n) is 7.83. The monoisotopic (exact) mass is 368 g/mol. The Morgan fingerprint density at radius 3 is 2.30 bits per heavy atom. The lowest BCUT2D eigenvalue weighted by molar-refractivity contribution is -0.385. The number of benzene rings is 2. The number of ether oxygens (including phenoxy) is 3. The van der Waals surface area contributed by atoms with Crippen molar-refractivity contribution in [3.8, 4) is 23.1 Å². The van der Waals surface area contributed by atoms with Crippen LogP contribution in [0.4, 0.5) is 17.2 Å². The molecular formula is C18H16N4O5. The molecule has 1 aromatic heterocycles. The van der Waals surface area contributed by atoms with Gasteiger partial charge in [-0.3, -0.25) is 10.1 Å². The Bertz CT molecular complexity index is 947. The number of hydrogen-bond donors (Lipinski definition) is 1. The van der Waals surface area contributed by atoms with Crippen molar-refractivity contribution < 1.29 is 19.1 Å². The summed E-state index contributed by atoms with van der Waals surface area (Å²) in [5, 5.41) is 14.5. The highest BCUT2D eigenvalue weighted by Crippen LogP contribution is 2.38. The van der Waals surface area contributed by atoms with Crippen molar-refractivity contribution >= 4 is 17.2 Å². The van der Waals surface area contributed by atoms with Crippen molar-refractivity contribution in [1.29, 1.82) is 0 Å². The number of rotatable bonds is 7. The lowest BCUT2D eigenvalue weighted by atomic mass is 10.3. The van der Waals surface area contributed by atoms with Gasteiger partial charge in [0, 0.05) is 5.69 Å². The third kappa shape index (κ3) is 4.03. The summed E-state index contributed by atoms with van der Waals surface area (Å²) >= 11 is 0. The van der Waals surface area contributed by atoms with E-state index in [9.17, 15) is 10.1 Å². The lowest BCUT2D eigenvalue weighted by Crippen LogP contribution is -2.04. The number of aromatic nitrogens is 2. The van der Waals surface area contributed by atoms with E-state index in [1.165, 1.54) is 13.4 Å². The molecule has 9 nitrogen and oxygen atoms in total. The SMILES string of the molecule is COc1ccc(Nc2ncnc(Oc3ccccc3OC)c2[N+](=O)[O-])cc1. The largest absolute Gasteiger partial charge is 0.497 e. The molecule has 3 rings (SSSR count). The van der Waals surface area contributed by atoms with Gasteiger partial charge in [-0.05, 0) is 36.4 Å². The second kappa shape index (κ2) is 8.00. The first-order chi connectivity index (χ1) is 13.1. The standard InChI is InChI=1S/C18H16N4O5/c1-25-13-9-7-12(8-10-13)21-17-16(22(23)24)18(20-11-19-17)27-15-6-4-3-5-14(15)26-2/h3-11H,1-2H3,(H,19,20,21). The van der Waals surface area contributed by atoms with E-state index in [2.05, 4.69) is 15.3 Å². The van der Waals surface area contributed by atoms with Gasteiger partial charge in [-0.15, -0.1) is 0 Å². The molecule has 27 heavy (non-hydrogen) atoms. The van der Waals surface area contributed by atoms with Crippen LogP contribution in [0.5, 0.6) is 23.1 Å². The molecule has 0 atom stereocenters. The van der Waals surface area contributed by atoms with Crippen molar-refractivity contribution in [2.45, 2.75) is 0 Å². The predicted molar refractivity (Wildman–Crippen MR) is 98.0 cm³/mol. The van der Waals surface area contributed by atoms with Crippen LogP contribution in [-0.4, -0.2) is 29.1 Å². The third-order valence-electron chi connectivity index (χ3n) is 3.60. The van der Waals surface area contributed by atoms with Crippen LogP contribution in [-0.2, 0) is 0 Å². The summed E-state index contributed by atoms with van der Waals surface area (Å²) in [4.78, 5) is 18.9. The minimum absolute atomic E-state index is 0.00469. The van der Waals surface area contributed by atoms with Crippen LogP contribution in [0.1, 0.15) is 0 Å². The maximum absolute atomic E-state index is 11.6. The van der Waals surface area contributed by atoms with Crippen LogP contribution in [0, 0.1) is 10.1 Å². The number of para-hydroxylation sites is 2. The van der Waals surface area contributed by atoms with Crippen LogP contribution < -0.4 is 19.5 Å². The van der Waals surface area contributed by atoms with E-state index in [0.29, 0.717) is 22.9 Å². The fourth-order valence-corrected chi connectivity index (χ4v) is 2.31. The highest BCUT2D eigenvalue weighted by atomic mass is 16.6. The van der Waals surface area contributed by atoms with Gasteiger partial charge in [0.25, 0.3) is 0 Å². The summed E-state index contributed by atoms with van der Waals surface area (Å²) in [7, 11) is 3.03. The fraction of sp³-hybridized carbons (Fsp3) is 0.111. The van der Waals surface area contributed by atoms with Gasteiger partial charge in [-0.2, -0.15) is 4.98 Å². The minimum Gasteiger partial charge on any atom is -0.497 e. The van der Waals surface area contributed by atoms with Gasteiger partial charge in [0.2, 0.25) is 5.82 Å². The molecule has 9 heteroatoms. The summed E-state index contributed by atoms with van der Waals surface area (Å²) in [6.45, 7) is 0. The van der Waals surface area contributed by atoms with Gasteiger partial charge in [-0.25, -0.2) is 4.98 Å². The second-order valence-electron chi connectivity index (χ2n) is 5.24. The number of nitrogens with one attached hydrogen (secondary N) is 1. The van der Waals surface area contributed by atoms with E-state index in [4.69, 9.17) is 14.2 Å². The summed E-state index contributed by atoms with van der Waals surface area (Å²) in [5.74, 6) is 1.20. The lowest BCUT2D eigenvalue weighted by Gasteiger charge is -2.11. The zero-order chi connectivity index (χ0) is 19.2. The molecule has 0 saturated heterocycles. The van der Waals surface area contributed by atoms with Gasteiger partial charge in [0.15, 0.2) is 11.5 Å². The van der Waals surface area contributed by atoms with Crippen LogP contribution >= 0.6 is 0 Å². The van der Waals surface area contributed by atoms with Crippen LogP contribution in [0.3, 0.4) is 0 Å². The first-order valence-corrected chi connectivity index (χ1v) is 7.83. The van der Waals surface area contributed by atoms with Crippen molar-refractivity contribution in [3.05, 3.63) is 65.0 Å². The fourth-order valence-electron chi connectivity index (χ4n) is 2.31. The normalized spacial score (nSPS) is 10.1. The first kappa shape index (κ1) is 17.9. The van der Waals surface area contributed by atoms with E-state index >= 15 is 0 Å². The third-order valence-corrected chi connectivity index (χ3v) is 3.60. The van der Waals surface area contributed by atoms with E-state index in [0.717, 1.165) is 0 Å². The van der Waals surface area contributed by atoms with Gasteiger partial charge in [-0.1, -0.05) is 12.1 Å². The summed E-state index contributed by atoms with van der Waals surface area (Å²) < 4.78 is 15.9. The number of anilines is 2. The molecular weight excluding hydrogens is 352 g/mol. The molecule has 0 spiro atoms. The Hall–Kier alpha value is -3.88. The minimum atomic E-state index is -0.601. The van der Waals surface area contributed by atoms with Crippen LogP contribution in [0.25, 0.3) is 0 Å². The molecule has 0 aliphatic rings. The van der Waals surface area contributed by atoms with E-state index in [1.54, 1.807) is 55.6 Å². The zero-order valence-corrected chi connectivity index (χ0v) is 14.6. The Morgan fingerprint density at radius 2 is 1.67 bits per heavy atom. The van der Waals surface area contributed by atoms with Gasteiger partial charge in [0.1, 0.15) is 12.1 Å². The molecule has 0 saturated carbocycles. The van der Waals surface area contributed by atoms with E-state index in [1.807, 2.05) is 0 Å². The Morgan fingerprint density at radius 1 is 0.963 bits per heavy atom. The average Bonchev–Trinajstić information content (AvgIpc) is 2.69. The number of hydrogen-bond acceptors (Lipinski definition) is 8. The molecule has 2 aromatic carbocycles. The van der Waals surface area contributed by atoms with Crippen LogP contribution in [0.2, 0.25) is 0 Å². The highest BCUT2D eigenvalue weighted by Gasteiger charge is 2.26. The predicted octanol–water partition coefficient (Wildman–Crippen LogP) is 3.94. The van der Waals surface area contributed by atoms with Crippen molar-refractivity contribution in [2.75, 3.05) is 19.5 Å². The Labute approximate surface area is 154 Å². The maximum atomic E-state index is 11.6. The number of methoxy groups -OCH3 is 2. The van der Waals surface area contributed by atoms with Crippen molar-refractivity contribution in [2.24, 2.45) is 0 Å². The quantitative estimate of drug-likeness (QED) is 0.493. The van der Waals surface area contributed by atoms with Crippen molar-refractivity contribution in [3.63, 3.8) is 0 Å². The van der Waals surface area contributed by atoms with Gasteiger partial charge < -0.3 is 19.5 Å². The van der Waals surface area contributed by atoms with E-state index < -0.39 is 4.92 Å². The molecule has 138 valence electrons. The molecule has 3 aromatic rings. The molecule has 0 aliphatic carbocycles. The smallest absolute Gasteiger partial charge is 0.373 e. The van der Waals surface area contributed by atoms with Crippen molar-refractivity contribution in [1.82, 2.24) is 9.97 Å². The molecule has 1 N–H and O–H groups in total. The molecule has 0 amide bonds. The molecule has 0 bridgehead atoms. The summed E-state index contributed by atoms with van der Waals surface area (Å²) in [6.07, 6.45) is 1.18. The molecule has 1 heterocycles. The molecule has 0 radical (unpaired) electrons. The van der Waals surface area contributed by atoms with Crippen LogP contribution in [0.15, 0.2) is 54.9 Å². The maximum Gasteiger partial charge on any atom is 0.373 e. The zero-order valence-electron chi connectivity index (χ0n) is 14.6. The topological polar surface area (TPSA) is 109 Å². The molecule has 0 unspecified atom stereocenters. The Balaban J connectivity index is 1.95. The molecule has 0 aliphatic heterocycles. The van der Waals surface area contributed by atoms with E-state index in [-0.39, 0.29) is 17.4 Å². The Kier molecular flexibility index (Phi) is 5.31. The number of nitro groups is 1.